The van der Waals surface area contributed by atoms with Crippen molar-refractivity contribution in [2.24, 2.45) is 0 Å². The molecule has 314 valence electrons. The highest BCUT2D eigenvalue weighted by molar-refractivity contribution is 5.91. The standard InChI is InChI=1S/C44H55NO13/c1-49-36-26-31(27-37(50-2)42(36)53-5)14-18-40(46)56-25-13-22-45(21-12-24-55-34-17-15-32-16-19-41(47)58-35(32)30-34)20-10-8-7-9-11-23-57-44(48)33-28-38(51-3)43(54-6)39(29-33)52-4/h14-19,26-30H,7-13,20-25H2,1-6H3/b18-14+. The summed E-state index contributed by atoms with van der Waals surface area (Å²) in [5.41, 5.74) is 1.10. The normalized spacial score (nSPS) is 11.1. The molecule has 14 heteroatoms. The highest BCUT2D eigenvalue weighted by Gasteiger charge is 2.18. The average Bonchev–Trinajstić information content (AvgIpc) is 3.24. The zero-order chi connectivity index (χ0) is 41.7. The third-order valence-corrected chi connectivity index (χ3v) is 9.20. The molecule has 0 bridgehead atoms. The summed E-state index contributed by atoms with van der Waals surface area (Å²) in [6.07, 6.45) is 9.09. The maximum Gasteiger partial charge on any atom is 0.338 e. The Kier molecular flexibility index (Phi) is 18.6. The number of carbonyl (C=O) groups excluding carboxylic acids is 2. The summed E-state index contributed by atoms with van der Waals surface area (Å²) in [5, 5.41) is 0.826. The van der Waals surface area contributed by atoms with Gasteiger partial charge in [0, 0.05) is 36.7 Å². The van der Waals surface area contributed by atoms with Crippen LogP contribution in [0.5, 0.6) is 40.2 Å². The molecule has 4 aromatic rings. The van der Waals surface area contributed by atoms with Gasteiger partial charge in [-0.1, -0.05) is 19.3 Å². The first kappa shape index (κ1) is 44.8. The first-order valence-corrected chi connectivity index (χ1v) is 19.2. The van der Waals surface area contributed by atoms with Crippen LogP contribution < -0.4 is 38.8 Å². The molecule has 0 fully saturated rings. The van der Waals surface area contributed by atoms with Crippen molar-refractivity contribution in [3.05, 3.63) is 82.2 Å². The fourth-order valence-electron chi connectivity index (χ4n) is 6.23. The summed E-state index contributed by atoms with van der Waals surface area (Å²) in [6, 6.07) is 15.2. The molecule has 14 nitrogen and oxygen atoms in total. The molecule has 0 unspecified atom stereocenters. The summed E-state index contributed by atoms with van der Waals surface area (Å²) in [4.78, 5) is 39.2. The Morgan fingerprint density at radius 2 is 1.16 bits per heavy atom. The maximum atomic E-state index is 12.7. The van der Waals surface area contributed by atoms with Crippen molar-refractivity contribution in [3.63, 3.8) is 0 Å². The monoisotopic (exact) mass is 805 g/mol. The number of hydrogen-bond donors (Lipinski definition) is 0. The molecular weight excluding hydrogens is 750 g/mol. The Labute approximate surface area is 339 Å². The first-order chi connectivity index (χ1) is 28.2. The van der Waals surface area contributed by atoms with E-state index in [1.165, 1.54) is 54.8 Å². The van der Waals surface area contributed by atoms with E-state index in [0.717, 1.165) is 63.5 Å². The van der Waals surface area contributed by atoms with Crippen LogP contribution in [-0.2, 0) is 14.3 Å². The van der Waals surface area contributed by atoms with Crippen LogP contribution in [0.2, 0.25) is 0 Å². The molecule has 0 aliphatic rings. The van der Waals surface area contributed by atoms with Crippen LogP contribution in [0.1, 0.15) is 60.9 Å². The smallest absolute Gasteiger partial charge is 0.338 e. The largest absolute Gasteiger partial charge is 0.493 e. The number of methoxy groups -OCH3 is 6. The van der Waals surface area contributed by atoms with Crippen LogP contribution in [0, 0.1) is 0 Å². The van der Waals surface area contributed by atoms with Gasteiger partial charge in [0.2, 0.25) is 11.5 Å². The molecule has 0 aliphatic carbocycles. The first-order valence-electron chi connectivity index (χ1n) is 19.2. The van der Waals surface area contributed by atoms with E-state index in [9.17, 15) is 14.4 Å². The van der Waals surface area contributed by atoms with Crippen molar-refractivity contribution in [2.45, 2.75) is 44.9 Å². The van der Waals surface area contributed by atoms with E-state index in [1.54, 1.807) is 42.5 Å². The van der Waals surface area contributed by atoms with Crippen LogP contribution in [0.15, 0.2) is 69.9 Å². The van der Waals surface area contributed by atoms with E-state index in [0.29, 0.717) is 76.6 Å². The second kappa shape index (κ2) is 24.0. The van der Waals surface area contributed by atoms with Crippen molar-refractivity contribution in [1.29, 1.82) is 0 Å². The minimum absolute atomic E-state index is 0.266. The molecule has 4 rings (SSSR count). The maximum absolute atomic E-state index is 12.7. The van der Waals surface area contributed by atoms with Crippen LogP contribution >= 0.6 is 0 Å². The lowest BCUT2D eigenvalue weighted by Crippen LogP contribution is -2.29. The van der Waals surface area contributed by atoms with Gasteiger partial charge in [-0.15, -0.1) is 0 Å². The molecule has 3 aromatic carbocycles. The Morgan fingerprint density at radius 3 is 1.79 bits per heavy atom. The van der Waals surface area contributed by atoms with Gasteiger partial charge in [-0.3, -0.25) is 0 Å². The molecule has 58 heavy (non-hydrogen) atoms. The molecule has 0 aliphatic heterocycles. The number of unbranched alkanes of at least 4 members (excludes halogenated alkanes) is 4. The second-order valence-corrected chi connectivity index (χ2v) is 13.1. The van der Waals surface area contributed by atoms with Crippen LogP contribution in [0.4, 0.5) is 0 Å². The van der Waals surface area contributed by atoms with E-state index in [4.69, 9.17) is 47.0 Å². The fraction of sp³-hybridized carbons (Fsp3) is 0.432. The van der Waals surface area contributed by atoms with Gasteiger partial charge < -0.3 is 51.9 Å². The van der Waals surface area contributed by atoms with Gasteiger partial charge in [0.25, 0.3) is 0 Å². The third kappa shape index (κ3) is 13.6. The number of fused-ring (bicyclic) bond motifs is 1. The zero-order valence-corrected chi connectivity index (χ0v) is 34.3. The van der Waals surface area contributed by atoms with Gasteiger partial charge in [0.05, 0.1) is 68.0 Å². The second-order valence-electron chi connectivity index (χ2n) is 13.1. The Hall–Kier alpha value is -5.89. The molecule has 0 radical (unpaired) electrons. The lowest BCUT2D eigenvalue weighted by molar-refractivity contribution is -0.137. The minimum Gasteiger partial charge on any atom is -0.493 e. The van der Waals surface area contributed by atoms with Crippen LogP contribution in [0.25, 0.3) is 17.0 Å². The van der Waals surface area contributed by atoms with Crippen molar-refractivity contribution in [3.8, 4) is 40.2 Å². The topological polar surface area (TPSA) is 151 Å². The molecule has 1 heterocycles. The number of esters is 2. The molecule has 0 saturated heterocycles. The van der Waals surface area contributed by atoms with Crippen molar-refractivity contribution in [1.82, 2.24) is 4.90 Å². The number of benzene rings is 3. The van der Waals surface area contributed by atoms with Gasteiger partial charge in [0.15, 0.2) is 23.0 Å². The molecule has 0 N–H and O–H groups in total. The Balaban J connectivity index is 1.21. The van der Waals surface area contributed by atoms with E-state index >= 15 is 0 Å². The van der Waals surface area contributed by atoms with Crippen LogP contribution in [-0.4, -0.2) is 99.0 Å². The van der Waals surface area contributed by atoms with Gasteiger partial charge in [0.1, 0.15) is 11.3 Å². The average molecular weight is 806 g/mol. The van der Waals surface area contributed by atoms with Crippen molar-refractivity contribution >= 4 is 29.0 Å². The summed E-state index contributed by atoms with van der Waals surface area (Å²) in [7, 11) is 9.10. The Bertz CT molecular complexity index is 1960. The highest BCUT2D eigenvalue weighted by atomic mass is 16.5. The minimum atomic E-state index is -0.452. The van der Waals surface area contributed by atoms with Crippen molar-refractivity contribution < 1.29 is 56.6 Å². The molecular formula is C44H55NO13. The number of rotatable bonds is 26. The predicted molar refractivity (Wildman–Crippen MR) is 219 cm³/mol. The molecule has 0 saturated carbocycles. The van der Waals surface area contributed by atoms with E-state index in [-0.39, 0.29) is 6.61 Å². The van der Waals surface area contributed by atoms with Gasteiger partial charge in [-0.2, -0.15) is 0 Å². The van der Waals surface area contributed by atoms with E-state index in [2.05, 4.69) is 4.90 Å². The zero-order valence-electron chi connectivity index (χ0n) is 34.3. The lowest BCUT2D eigenvalue weighted by atomic mass is 10.1. The van der Waals surface area contributed by atoms with Gasteiger partial charge >= 0.3 is 17.6 Å². The Morgan fingerprint density at radius 1 is 0.603 bits per heavy atom. The SMILES string of the molecule is COc1cc(/C=C/C(=O)OCCCN(CCCCCCCOC(=O)c2cc(OC)c(OC)c(OC)c2)CCCOc2ccc3ccc(=O)oc3c2)cc(OC)c1OC. The quantitative estimate of drug-likeness (QED) is 0.0269. The number of ether oxygens (including phenoxy) is 9. The van der Waals surface area contributed by atoms with Crippen LogP contribution in [0.3, 0.4) is 0 Å². The summed E-state index contributed by atoms with van der Waals surface area (Å²) >= 11 is 0. The number of hydrogen-bond acceptors (Lipinski definition) is 14. The summed E-state index contributed by atoms with van der Waals surface area (Å²) < 4.78 is 54.5. The number of carbonyl (C=O) groups is 2. The predicted octanol–water partition coefficient (Wildman–Crippen LogP) is 7.37. The lowest BCUT2D eigenvalue weighted by Gasteiger charge is -2.22. The van der Waals surface area contributed by atoms with Gasteiger partial charge in [-0.25, -0.2) is 14.4 Å². The molecule has 0 amide bonds. The highest BCUT2D eigenvalue weighted by Crippen LogP contribution is 2.39. The molecule has 0 spiro atoms. The number of nitrogens with zero attached hydrogens (tertiary/aromatic N) is 1. The summed E-state index contributed by atoms with van der Waals surface area (Å²) in [6.45, 7) is 3.45. The summed E-state index contributed by atoms with van der Waals surface area (Å²) in [5.74, 6) is 2.36. The third-order valence-electron chi connectivity index (χ3n) is 9.20. The van der Waals surface area contributed by atoms with E-state index < -0.39 is 17.6 Å². The van der Waals surface area contributed by atoms with Crippen molar-refractivity contribution in [2.75, 3.05) is 82.1 Å². The fourth-order valence-corrected chi connectivity index (χ4v) is 6.23. The van der Waals surface area contributed by atoms with Gasteiger partial charge in [-0.05, 0) is 86.3 Å². The molecule has 0 atom stereocenters. The van der Waals surface area contributed by atoms with E-state index in [1.807, 2.05) is 12.1 Å². The molecule has 1 aromatic heterocycles.